The zero-order chi connectivity index (χ0) is 12.9. The van der Waals surface area contributed by atoms with E-state index in [4.69, 9.17) is 0 Å². The molecule has 1 N–H and O–H groups in total. The van der Waals surface area contributed by atoms with Gasteiger partial charge in [-0.2, -0.15) is 0 Å². The summed E-state index contributed by atoms with van der Waals surface area (Å²) in [6.45, 7) is 12.2. The average molecular weight is 250 g/mol. The van der Waals surface area contributed by atoms with E-state index in [1.807, 2.05) is 0 Å². The van der Waals surface area contributed by atoms with Crippen molar-refractivity contribution in [1.29, 1.82) is 0 Å². The molecule has 3 aliphatic rings. The van der Waals surface area contributed by atoms with E-state index < -0.39 is 0 Å². The van der Waals surface area contributed by atoms with Crippen molar-refractivity contribution in [1.82, 2.24) is 10.2 Å². The van der Waals surface area contributed by atoms with Crippen LogP contribution in [0.5, 0.6) is 0 Å². The van der Waals surface area contributed by atoms with Crippen molar-refractivity contribution < 1.29 is 0 Å². The van der Waals surface area contributed by atoms with Crippen molar-refractivity contribution in [3.8, 4) is 0 Å². The topological polar surface area (TPSA) is 15.3 Å². The van der Waals surface area contributed by atoms with Crippen LogP contribution in [0.4, 0.5) is 0 Å². The summed E-state index contributed by atoms with van der Waals surface area (Å²) in [7, 11) is 0. The predicted molar refractivity (Wildman–Crippen MR) is 76.6 cm³/mol. The van der Waals surface area contributed by atoms with Gasteiger partial charge in [0.2, 0.25) is 0 Å². The summed E-state index contributed by atoms with van der Waals surface area (Å²) in [5.41, 5.74) is 0.397. The van der Waals surface area contributed by atoms with Crippen LogP contribution in [0.25, 0.3) is 0 Å². The predicted octanol–water partition coefficient (Wildman–Crippen LogP) is 2.88. The molecule has 2 nitrogen and oxygen atoms in total. The third-order valence-electron chi connectivity index (χ3n) is 5.73. The summed E-state index contributed by atoms with van der Waals surface area (Å²) in [6.07, 6.45) is 5.83. The first-order chi connectivity index (χ1) is 8.51. The summed E-state index contributed by atoms with van der Waals surface area (Å²) >= 11 is 0. The number of hydrogen-bond donors (Lipinski definition) is 1. The monoisotopic (exact) mass is 250 g/mol. The molecule has 2 heteroatoms. The summed E-state index contributed by atoms with van der Waals surface area (Å²) in [5.74, 6) is 2.70. The van der Waals surface area contributed by atoms with E-state index in [0.717, 1.165) is 29.8 Å². The molecule has 3 fully saturated rings. The van der Waals surface area contributed by atoms with Crippen LogP contribution in [0.2, 0.25) is 0 Å². The molecule has 2 saturated carbocycles. The molecule has 2 aliphatic carbocycles. The van der Waals surface area contributed by atoms with Gasteiger partial charge in [-0.15, -0.1) is 0 Å². The highest BCUT2D eigenvalue weighted by molar-refractivity contribution is 5.06. The zero-order valence-corrected chi connectivity index (χ0v) is 12.6. The Balaban J connectivity index is 1.74. The highest BCUT2D eigenvalue weighted by Gasteiger charge is 2.48. The van der Waals surface area contributed by atoms with Crippen LogP contribution in [0.1, 0.15) is 53.4 Å². The first-order valence-electron chi connectivity index (χ1n) is 8.02. The third kappa shape index (κ3) is 2.34. The Morgan fingerprint density at radius 3 is 2.28 bits per heavy atom. The Hall–Kier alpha value is -0.0800. The molecular formula is C16H30N2. The van der Waals surface area contributed by atoms with Crippen LogP contribution in [0.15, 0.2) is 0 Å². The Bertz CT molecular complexity index is 306. The van der Waals surface area contributed by atoms with Crippen LogP contribution < -0.4 is 5.32 Å². The molecular weight excluding hydrogens is 220 g/mol. The van der Waals surface area contributed by atoms with Crippen molar-refractivity contribution in [3.05, 3.63) is 0 Å². The molecule has 1 aliphatic heterocycles. The molecule has 0 radical (unpaired) electrons. The van der Waals surface area contributed by atoms with Gasteiger partial charge in [-0.25, -0.2) is 0 Å². The molecule has 0 amide bonds. The van der Waals surface area contributed by atoms with Crippen molar-refractivity contribution in [3.63, 3.8) is 0 Å². The van der Waals surface area contributed by atoms with Gasteiger partial charge < -0.3 is 5.32 Å². The minimum atomic E-state index is 0.397. The van der Waals surface area contributed by atoms with Crippen LogP contribution in [-0.4, -0.2) is 35.6 Å². The zero-order valence-electron chi connectivity index (χ0n) is 12.6. The quantitative estimate of drug-likeness (QED) is 0.825. The second kappa shape index (κ2) is 4.49. The van der Waals surface area contributed by atoms with Gasteiger partial charge >= 0.3 is 0 Å². The van der Waals surface area contributed by atoms with Gasteiger partial charge in [-0.05, 0) is 57.3 Å². The summed E-state index contributed by atoms with van der Waals surface area (Å²) in [6, 6.07) is 1.55. The molecule has 3 atom stereocenters. The molecule has 0 aromatic carbocycles. The molecule has 0 spiro atoms. The molecule has 1 heterocycles. The lowest BCUT2D eigenvalue weighted by Gasteiger charge is -2.50. The minimum absolute atomic E-state index is 0.397. The Morgan fingerprint density at radius 2 is 1.78 bits per heavy atom. The highest BCUT2D eigenvalue weighted by atomic mass is 15.3. The molecule has 0 aromatic rings. The maximum atomic E-state index is 3.89. The van der Waals surface area contributed by atoms with Gasteiger partial charge in [-0.3, -0.25) is 4.90 Å². The second-order valence-corrected chi connectivity index (χ2v) is 7.63. The van der Waals surface area contributed by atoms with E-state index >= 15 is 0 Å². The number of rotatable bonds is 4. The van der Waals surface area contributed by atoms with Crippen molar-refractivity contribution in [2.75, 3.05) is 13.1 Å². The molecule has 3 unspecified atom stereocenters. The number of piperazine rings is 1. The first kappa shape index (κ1) is 12.9. The maximum Gasteiger partial charge on any atom is 0.0309 e. The summed E-state index contributed by atoms with van der Waals surface area (Å²) in [5, 5.41) is 3.89. The lowest BCUT2D eigenvalue weighted by molar-refractivity contribution is 0.0169. The molecule has 18 heavy (non-hydrogen) atoms. The van der Waals surface area contributed by atoms with Crippen molar-refractivity contribution >= 4 is 0 Å². The van der Waals surface area contributed by atoms with Gasteiger partial charge in [0.05, 0.1) is 0 Å². The summed E-state index contributed by atoms with van der Waals surface area (Å²) < 4.78 is 0. The lowest BCUT2D eigenvalue weighted by Crippen LogP contribution is -2.67. The molecule has 0 bridgehead atoms. The third-order valence-corrected chi connectivity index (χ3v) is 5.73. The van der Waals surface area contributed by atoms with Crippen molar-refractivity contribution in [2.45, 2.75) is 71.0 Å². The Labute approximate surface area is 113 Å². The van der Waals surface area contributed by atoms with Gasteiger partial charge in [0.25, 0.3) is 0 Å². The van der Waals surface area contributed by atoms with E-state index in [0.29, 0.717) is 5.54 Å². The van der Waals surface area contributed by atoms with E-state index in [9.17, 15) is 0 Å². The number of nitrogens with one attached hydrogen (secondary N) is 1. The number of nitrogens with zero attached hydrogens (tertiary/aromatic N) is 1. The average Bonchev–Trinajstić information content (AvgIpc) is 3.19. The normalized spacial score (nSPS) is 40.2. The minimum Gasteiger partial charge on any atom is -0.308 e. The van der Waals surface area contributed by atoms with Crippen LogP contribution in [-0.2, 0) is 0 Å². The largest absolute Gasteiger partial charge is 0.308 e. The fraction of sp³-hybridized carbons (Fsp3) is 1.00. The van der Waals surface area contributed by atoms with Crippen LogP contribution in [0, 0.1) is 17.8 Å². The van der Waals surface area contributed by atoms with E-state index in [-0.39, 0.29) is 0 Å². The van der Waals surface area contributed by atoms with Gasteiger partial charge in [-0.1, -0.05) is 13.8 Å². The SMILES string of the molecule is CC(C)C1CNC(C)(C2CC2)CN1C(C)C1CC1. The summed E-state index contributed by atoms with van der Waals surface area (Å²) in [4.78, 5) is 2.86. The van der Waals surface area contributed by atoms with E-state index in [1.54, 1.807) is 0 Å². The fourth-order valence-electron chi connectivity index (χ4n) is 3.92. The first-order valence-corrected chi connectivity index (χ1v) is 8.02. The lowest BCUT2D eigenvalue weighted by atomic mass is 9.86. The maximum absolute atomic E-state index is 3.89. The molecule has 0 aromatic heterocycles. The Kier molecular flexibility index (Phi) is 3.22. The molecule has 1 saturated heterocycles. The van der Waals surface area contributed by atoms with Crippen LogP contribution in [0.3, 0.4) is 0 Å². The van der Waals surface area contributed by atoms with E-state index in [1.165, 1.54) is 38.8 Å². The van der Waals surface area contributed by atoms with E-state index in [2.05, 4.69) is 37.9 Å². The standard InChI is InChI=1S/C16H30N2/c1-11(2)15-9-17-16(4,14-7-8-14)10-18(15)12(3)13-5-6-13/h11-15,17H,5-10H2,1-4H3. The van der Waals surface area contributed by atoms with Crippen molar-refractivity contribution in [2.24, 2.45) is 17.8 Å². The smallest absolute Gasteiger partial charge is 0.0309 e. The van der Waals surface area contributed by atoms with Gasteiger partial charge in [0, 0.05) is 30.7 Å². The van der Waals surface area contributed by atoms with Crippen LogP contribution >= 0.6 is 0 Å². The second-order valence-electron chi connectivity index (χ2n) is 7.63. The number of hydrogen-bond acceptors (Lipinski definition) is 2. The molecule has 3 rings (SSSR count). The molecule has 104 valence electrons. The van der Waals surface area contributed by atoms with Gasteiger partial charge in [0.1, 0.15) is 0 Å². The fourth-order valence-corrected chi connectivity index (χ4v) is 3.92. The Morgan fingerprint density at radius 1 is 1.11 bits per heavy atom. The van der Waals surface area contributed by atoms with Gasteiger partial charge in [0.15, 0.2) is 0 Å². The highest BCUT2D eigenvalue weighted by Crippen LogP contribution is 2.44.